The molecule has 4 aromatic rings. The van der Waals surface area contributed by atoms with Crippen molar-refractivity contribution in [1.82, 2.24) is 24.7 Å². The van der Waals surface area contributed by atoms with Gasteiger partial charge >= 0.3 is 5.97 Å². The highest BCUT2D eigenvalue weighted by Gasteiger charge is 2.21. The Balaban J connectivity index is 1.64. The summed E-state index contributed by atoms with van der Waals surface area (Å²) in [5.41, 5.74) is 6.50. The number of imidazole rings is 1. The zero-order chi connectivity index (χ0) is 20.7. The van der Waals surface area contributed by atoms with Crippen LogP contribution in [-0.2, 0) is 6.54 Å². The highest BCUT2D eigenvalue weighted by molar-refractivity contribution is 6.00. The Morgan fingerprint density at radius 3 is 2.76 bits per heavy atom. The average molecular weight is 394 g/mol. The molecule has 0 unspecified atom stereocenters. The molecule has 0 aliphatic rings. The van der Waals surface area contributed by atoms with Crippen molar-refractivity contribution in [2.75, 3.05) is 0 Å². The number of carboxylic acid groups (broad SMARTS) is 1. The van der Waals surface area contributed by atoms with Gasteiger partial charge in [-0.05, 0) is 17.7 Å². The number of carbonyl (C=O) groups is 3. The molecule has 0 bridgehead atoms. The maximum atomic E-state index is 12.6. The van der Waals surface area contributed by atoms with Crippen molar-refractivity contribution >= 4 is 34.5 Å². The van der Waals surface area contributed by atoms with Crippen LogP contribution in [0.2, 0.25) is 0 Å². The Labute approximate surface area is 162 Å². The quantitative estimate of drug-likeness (QED) is 0.449. The third kappa shape index (κ3) is 3.25. The highest BCUT2D eigenvalue weighted by atomic mass is 16.4. The summed E-state index contributed by atoms with van der Waals surface area (Å²) >= 11 is 0. The third-order valence-corrected chi connectivity index (χ3v) is 4.20. The number of aromatic nitrogens is 4. The van der Waals surface area contributed by atoms with E-state index in [0.29, 0.717) is 17.0 Å². The van der Waals surface area contributed by atoms with Gasteiger partial charge in [-0.1, -0.05) is 6.07 Å². The lowest BCUT2D eigenvalue weighted by Crippen LogP contribution is -2.25. The van der Waals surface area contributed by atoms with E-state index in [0.717, 1.165) is 22.4 Å². The second kappa shape index (κ2) is 6.71. The zero-order valence-electron chi connectivity index (χ0n) is 15.0. The fourth-order valence-electron chi connectivity index (χ4n) is 2.90. The van der Waals surface area contributed by atoms with E-state index < -0.39 is 17.8 Å². The van der Waals surface area contributed by atoms with E-state index >= 15 is 0 Å². The number of benzene rings is 1. The number of nitrogens with zero attached hydrogens (tertiary/aromatic N) is 4. The van der Waals surface area contributed by atoms with Crippen LogP contribution in [0, 0.1) is 6.92 Å². The first-order valence-corrected chi connectivity index (χ1v) is 8.39. The normalized spacial score (nSPS) is 11.1. The summed E-state index contributed by atoms with van der Waals surface area (Å²) in [5.74, 6) is -2.29. The van der Waals surface area contributed by atoms with Gasteiger partial charge in [-0.2, -0.15) is 0 Å². The molecule has 1 aromatic carbocycles. The molecular formula is C18H14N6O5. The number of carboxylic acids is 1. The summed E-state index contributed by atoms with van der Waals surface area (Å²) in [4.78, 5) is 47.7. The van der Waals surface area contributed by atoms with Crippen LogP contribution in [0.3, 0.4) is 0 Å². The van der Waals surface area contributed by atoms with E-state index in [1.54, 1.807) is 25.1 Å². The number of fused-ring (bicyclic) bond motifs is 2. The van der Waals surface area contributed by atoms with E-state index in [2.05, 4.69) is 20.3 Å². The Hall–Kier alpha value is -4.28. The molecule has 0 saturated heterocycles. The first kappa shape index (κ1) is 18.1. The van der Waals surface area contributed by atoms with Crippen LogP contribution in [0.25, 0.3) is 16.7 Å². The number of nitrogens with two attached hydrogens (primary N) is 1. The maximum Gasteiger partial charge on any atom is 0.353 e. The van der Waals surface area contributed by atoms with Gasteiger partial charge in [0.1, 0.15) is 23.2 Å². The number of aromatic carboxylic acids is 1. The zero-order valence-corrected chi connectivity index (χ0v) is 15.0. The van der Waals surface area contributed by atoms with Gasteiger partial charge in [0.05, 0.1) is 0 Å². The second-order valence-electron chi connectivity index (χ2n) is 6.20. The fourth-order valence-corrected chi connectivity index (χ4v) is 2.90. The molecule has 0 aliphatic carbocycles. The van der Waals surface area contributed by atoms with Crippen molar-refractivity contribution in [1.29, 1.82) is 0 Å². The standard InChI is InChI=1S/C18H14N6O5/c1-8-22-10-4-9(2-3-13(10)29-8)6-20-17(26)11-5-12(18(27)28)24-7-21-14(15(19)25)16(24)23-11/h2-5,7H,6H2,1H3,(H2,19,25)(H,20,26)(H,27,28). The van der Waals surface area contributed by atoms with Crippen molar-refractivity contribution in [3.63, 3.8) is 0 Å². The number of primary amides is 1. The topological polar surface area (TPSA) is 166 Å². The molecular weight excluding hydrogens is 380 g/mol. The van der Waals surface area contributed by atoms with E-state index in [9.17, 15) is 19.5 Å². The molecule has 0 atom stereocenters. The van der Waals surface area contributed by atoms with Crippen LogP contribution in [0.4, 0.5) is 0 Å². The van der Waals surface area contributed by atoms with Crippen molar-refractivity contribution in [3.8, 4) is 0 Å². The molecule has 0 radical (unpaired) electrons. The number of amides is 2. The summed E-state index contributed by atoms with van der Waals surface area (Å²) in [5, 5.41) is 12.1. The molecule has 146 valence electrons. The van der Waals surface area contributed by atoms with Crippen LogP contribution < -0.4 is 11.1 Å². The lowest BCUT2D eigenvalue weighted by atomic mass is 10.2. The van der Waals surface area contributed by atoms with Gasteiger partial charge in [-0.15, -0.1) is 0 Å². The third-order valence-electron chi connectivity index (χ3n) is 4.20. The molecule has 0 fully saturated rings. The number of rotatable bonds is 5. The maximum absolute atomic E-state index is 12.6. The predicted molar refractivity (Wildman–Crippen MR) is 98.4 cm³/mol. The lowest BCUT2D eigenvalue weighted by Gasteiger charge is -2.07. The van der Waals surface area contributed by atoms with E-state index in [1.165, 1.54) is 0 Å². The largest absolute Gasteiger partial charge is 0.477 e. The number of hydrogen-bond donors (Lipinski definition) is 3. The van der Waals surface area contributed by atoms with Crippen LogP contribution in [0.15, 0.2) is 35.0 Å². The number of oxazole rings is 1. The van der Waals surface area contributed by atoms with Crippen molar-refractivity contribution in [2.45, 2.75) is 13.5 Å². The van der Waals surface area contributed by atoms with E-state index in [1.807, 2.05) is 0 Å². The number of aryl methyl sites for hydroxylation is 1. The van der Waals surface area contributed by atoms with Gasteiger partial charge in [0.2, 0.25) is 0 Å². The molecule has 4 rings (SSSR count). The smallest absolute Gasteiger partial charge is 0.353 e. The minimum atomic E-state index is -1.31. The first-order chi connectivity index (χ1) is 13.8. The van der Waals surface area contributed by atoms with Gasteiger partial charge in [-0.3, -0.25) is 14.0 Å². The monoisotopic (exact) mass is 394 g/mol. The summed E-state index contributed by atoms with van der Waals surface area (Å²) in [6.07, 6.45) is 1.11. The van der Waals surface area contributed by atoms with E-state index in [4.69, 9.17) is 10.2 Å². The second-order valence-corrected chi connectivity index (χ2v) is 6.20. The number of hydrogen-bond acceptors (Lipinski definition) is 7. The van der Waals surface area contributed by atoms with Crippen molar-refractivity contribution < 1.29 is 23.9 Å². The van der Waals surface area contributed by atoms with Gasteiger partial charge < -0.3 is 20.6 Å². The highest BCUT2D eigenvalue weighted by Crippen LogP contribution is 2.17. The summed E-state index contributed by atoms with van der Waals surface area (Å²) < 4.78 is 6.49. The van der Waals surface area contributed by atoms with Crippen LogP contribution in [0.1, 0.15) is 42.9 Å². The van der Waals surface area contributed by atoms with Crippen LogP contribution >= 0.6 is 0 Å². The molecule has 0 aliphatic heterocycles. The molecule has 0 spiro atoms. The molecule has 3 aromatic heterocycles. The minimum Gasteiger partial charge on any atom is -0.477 e. The molecule has 11 nitrogen and oxygen atoms in total. The average Bonchev–Trinajstić information content (AvgIpc) is 3.26. The van der Waals surface area contributed by atoms with Crippen molar-refractivity contribution in [3.05, 3.63) is 59.1 Å². The lowest BCUT2D eigenvalue weighted by molar-refractivity contribution is 0.0688. The molecule has 2 amide bonds. The Kier molecular flexibility index (Phi) is 4.19. The minimum absolute atomic E-state index is 0.109. The SMILES string of the molecule is Cc1nc2cc(CNC(=O)c3cc(C(=O)O)n4cnc(C(N)=O)c4n3)ccc2o1. The number of carbonyl (C=O) groups excluding carboxylic acids is 2. The molecule has 4 N–H and O–H groups in total. The first-order valence-electron chi connectivity index (χ1n) is 8.39. The van der Waals surface area contributed by atoms with Crippen molar-refractivity contribution in [2.24, 2.45) is 5.73 Å². The number of nitrogens with one attached hydrogen (secondary N) is 1. The van der Waals surface area contributed by atoms with Gasteiger partial charge in [-0.25, -0.2) is 19.7 Å². The molecule has 29 heavy (non-hydrogen) atoms. The summed E-state index contributed by atoms with van der Waals surface area (Å²) in [6, 6.07) is 6.39. The van der Waals surface area contributed by atoms with Gasteiger partial charge in [0, 0.05) is 19.5 Å². The summed E-state index contributed by atoms with van der Waals surface area (Å²) in [6.45, 7) is 1.89. The Morgan fingerprint density at radius 2 is 2.03 bits per heavy atom. The van der Waals surface area contributed by atoms with E-state index in [-0.39, 0.29) is 29.3 Å². The van der Waals surface area contributed by atoms with Crippen LogP contribution in [0.5, 0.6) is 0 Å². The Morgan fingerprint density at radius 1 is 1.24 bits per heavy atom. The molecule has 0 saturated carbocycles. The molecule has 11 heteroatoms. The fraction of sp³-hybridized carbons (Fsp3) is 0.111. The Bertz CT molecular complexity index is 1310. The molecule has 3 heterocycles. The van der Waals surface area contributed by atoms with Crippen LogP contribution in [-0.4, -0.2) is 42.2 Å². The van der Waals surface area contributed by atoms with Gasteiger partial charge in [0.25, 0.3) is 11.8 Å². The summed E-state index contributed by atoms with van der Waals surface area (Å²) in [7, 11) is 0. The van der Waals surface area contributed by atoms with Gasteiger partial charge in [0.15, 0.2) is 22.8 Å². The predicted octanol–water partition coefficient (Wildman–Crippen LogP) is 0.906.